The number of nitrogens with one attached hydrogen (secondary N) is 2. The number of esters is 1. The van der Waals surface area contributed by atoms with E-state index >= 15 is 0 Å². The summed E-state index contributed by atoms with van der Waals surface area (Å²) in [5.74, 6) is -1.03. The van der Waals surface area contributed by atoms with Crippen molar-refractivity contribution in [1.82, 2.24) is 5.32 Å². The zero-order valence-electron chi connectivity index (χ0n) is 13.9. The van der Waals surface area contributed by atoms with E-state index in [1.807, 2.05) is 0 Å². The molecular weight excluding hydrogens is 358 g/mol. The Kier molecular flexibility index (Phi) is 5.97. The van der Waals surface area contributed by atoms with E-state index in [1.165, 1.54) is 43.5 Å². The Morgan fingerprint density at radius 3 is 2.31 bits per heavy atom. The van der Waals surface area contributed by atoms with Gasteiger partial charge in [0, 0.05) is 11.6 Å². The van der Waals surface area contributed by atoms with E-state index in [4.69, 9.17) is 12.2 Å². The number of hydrogen-bond donors (Lipinski definition) is 2. The molecule has 2 rings (SSSR count). The summed E-state index contributed by atoms with van der Waals surface area (Å²) in [7, 11) is 1.26. The van der Waals surface area contributed by atoms with Crippen LogP contribution in [0.25, 0.3) is 0 Å². The number of ether oxygens (including phenoxy) is 1. The first-order valence-corrected chi connectivity index (χ1v) is 7.78. The van der Waals surface area contributed by atoms with E-state index in [2.05, 4.69) is 15.4 Å². The summed E-state index contributed by atoms with van der Waals surface area (Å²) in [6.45, 7) is 1.73. The summed E-state index contributed by atoms with van der Waals surface area (Å²) in [6, 6.07) is 10.4. The van der Waals surface area contributed by atoms with E-state index in [1.54, 1.807) is 13.0 Å². The topological polar surface area (TPSA) is 111 Å². The third-order valence-corrected chi connectivity index (χ3v) is 3.60. The van der Waals surface area contributed by atoms with Crippen molar-refractivity contribution in [2.24, 2.45) is 0 Å². The van der Waals surface area contributed by atoms with Crippen molar-refractivity contribution >= 4 is 40.6 Å². The number of nitro benzene ring substituents is 1. The number of benzene rings is 2. The molecule has 0 unspecified atom stereocenters. The molecule has 0 heterocycles. The fourth-order valence-corrected chi connectivity index (χ4v) is 2.31. The molecule has 0 saturated heterocycles. The van der Waals surface area contributed by atoms with Gasteiger partial charge in [0.2, 0.25) is 0 Å². The third-order valence-electron chi connectivity index (χ3n) is 3.39. The van der Waals surface area contributed by atoms with Gasteiger partial charge in [-0.3, -0.25) is 20.2 Å². The molecule has 0 saturated carbocycles. The van der Waals surface area contributed by atoms with Crippen LogP contribution in [0.1, 0.15) is 26.3 Å². The lowest BCUT2D eigenvalue weighted by atomic mass is 10.1. The maximum atomic E-state index is 12.2. The lowest BCUT2D eigenvalue weighted by Crippen LogP contribution is -2.34. The standard InChI is InChI=1S/C17H15N3O5S/c1-10-3-8-13(14(9-10)20(23)24)18-17(26)19-15(21)11-4-6-12(7-5-11)16(22)25-2/h3-9H,1-2H3,(H2,18,19,21,26). The molecule has 8 nitrogen and oxygen atoms in total. The predicted octanol–water partition coefficient (Wildman–Crippen LogP) is 2.82. The zero-order valence-corrected chi connectivity index (χ0v) is 14.8. The monoisotopic (exact) mass is 373 g/mol. The Morgan fingerprint density at radius 2 is 1.73 bits per heavy atom. The minimum absolute atomic E-state index is 0.0843. The molecule has 0 aliphatic rings. The van der Waals surface area contributed by atoms with Gasteiger partial charge in [0.1, 0.15) is 5.69 Å². The van der Waals surface area contributed by atoms with Gasteiger partial charge in [0.25, 0.3) is 11.6 Å². The highest BCUT2D eigenvalue weighted by Gasteiger charge is 2.16. The van der Waals surface area contributed by atoms with Crippen molar-refractivity contribution < 1.29 is 19.2 Å². The Morgan fingerprint density at radius 1 is 1.12 bits per heavy atom. The van der Waals surface area contributed by atoms with Crippen LogP contribution in [0.15, 0.2) is 42.5 Å². The number of methoxy groups -OCH3 is 1. The molecule has 0 radical (unpaired) electrons. The molecule has 0 fully saturated rings. The first-order chi connectivity index (χ1) is 12.3. The first kappa shape index (κ1) is 19.0. The molecule has 2 aromatic carbocycles. The summed E-state index contributed by atoms with van der Waals surface area (Å²) >= 11 is 5.04. The Hall–Kier alpha value is -3.33. The van der Waals surface area contributed by atoms with Gasteiger partial charge in [-0.1, -0.05) is 6.07 Å². The van der Waals surface area contributed by atoms with Crippen LogP contribution in [0.5, 0.6) is 0 Å². The van der Waals surface area contributed by atoms with E-state index in [9.17, 15) is 19.7 Å². The molecule has 9 heteroatoms. The van der Waals surface area contributed by atoms with Gasteiger partial charge in [-0.05, 0) is 55.0 Å². The highest BCUT2D eigenvalue weighted by Crippen LogP contribution is 2.25. The van der Waals surface area contributed by atoms with E-state index < -0.39 is 16.8 Å². The predicted molar refractivity (Wildman–Crippen MR) is 99.3 cm³/mol. The molecule has 134 valence electrons. The van der Waals surface area contributed by atoms with Crippen LogP contribution >= 0.6 is 12.2 Å². The smallest absolute Gasteiger partial charge is 0.337 e. The second-order valence-electron chi connectivity index (χ2n) is 5.25. The summed E-state index contributed by atoms with van der Waals surface area (Å²) in [5.41, 5.74) is 1.32. The SMILES string of the molecule is COC(=O)c1ccc(C(=O)NC(=S)Nc2ccc(C)cc2[N+](=O)[O-])cc1. The van der Waals surface area contributed by atoms with Gasteiger partial charge >= 0.3 is 5.97 Å². The van der Waals surface area contributed by atoms with Crippen LogP contribution in [0.4, 0.5) is 11.4 Å². The number of thiocarbonyl (C=S) groups is 1. The second-order valence-corrected chi connectivity index (χ2v) is 5.66. The van der Waals surface area contributed by atoms with Crippen molar-refractivity contribution in [2.45, 2.75) is 6.92 Å². The Balaban J connectivity index is 2.07. The zero-order chi connectivity index (χ0) is 19.3. The summed E-state index contributed by atoms with van der Waals surface area (Å²) in [5, 5.41) is 16.1. The second kappa shape index (κ2) is 8.17. The largest absolute Gasteiger partial charge is 0.465 e. The van der Waals surface area contributed by atoms with Crippen molar-refractivity contribution in [3.63, 3.8) is 0 Å². The molecule has 26 heavy (non-hydrogen) atoms. The molecule has 1 amide bonds. The number of amides is 1. The number of aryl methyl sites for hydroxylation is 1. The molecule has 0 aliphatic heterocycles. The molecular formula is C17H15N3O5S. The minimum Gasteiger partial charge on any atom is -0.465 e. The molecule has 0 bridgehead atoms. The number of nitro groups is 1. The molecule has 0 spiro atoms. The lowest BCUT2D eigenvalue weighted by molar-refractivity contribution is -0.383. The number of carbonyl (C=O) groups excluding carboxylic acids is 2. The van der Waals surface area contributed by atoms with Crippen LogP contribution in [0, 0.1) is 17.0 Å². The average molecular weight is 373 g/mol. The number of anilines is 1. The highest BCUT2D eigenvalue weighted by atomic mass is 32.1. The van der Waals surface area contributed by atoms with E-state index in [0.717, 1.165) is 5.56 Å². The summed E-state index contributed by atoms with van der Waals surface area (Å²) in [6.07, 6.45) is 0. The molecule has 0 atom stereocenters. The van der Waals surface area contributed by atoms with Crippen LogP contribution in [0.3, 0.4) is 0 Å². The minimum atomic E-state index is -0.536. The van der Waals surface area contributed by atoms with Crippen molar-refractivity contribution in [3.05, 3.63) is 69.3 Å². The van der Waals surface area contributed by atoms with E-state index in [0.29, 0.717) is 5.56 Å². The Labute approximate surface area is 154 Å². The van der Waals surface area contributed by atoms with Gasteiger partial charge in [-0.25, -0.2) is 4.79 Å². The van der Waals surface area contributed by atoms with E-state index in [-0.39, 0.29) is 22.1 Å². The van der Waals surface area contributed by atoms with Gasteiger partial charge in [-0.15, -0.1) is 0 Å². The molecule has 2 N–H and O–H groups in total. The normalized spacial score (nSPS) is 9.92. The quantitative estimate of drug-likeness (QED) is 0.367. The lowest BCUT2D eigenvalue weighted by Gasteiger charge is -2.10. The fourth-order valence-electron chi connectivity index (χ4n) is 2.10. The highest BCUT2D eigenvalue weighted by molar-refractivity contribution is 7.80. The van der Waals surface area contributed by atoms with Gasteiger partial charge in [0.05, 0.1) is 17.6 Å². The van der Waals surface area contributed by atoms with Crippen molar-refractivity contribution in [1.29, 1.82) is 0 Å². The first-order valence-electron chi connectivity index (χ1n) is 7.37. The molecule has 2 aromatic rings. The summed E-state index contributed by atoms with van der Waals surface area (Å²) in [4.78, 5) is 34.1. The number of carbonyl (C=O) groups is 2. The van der Waals surface area contributed by atoms with Gasteiger partial charge in [0.15, 0.2) is 5.11 Å². The van der Waals surface area contributed by atoms with Crippen molar-refractivity contribution in [2.75, 3.05) is 12.4 Å². The van der Waals surface area contributed by atoms with Gasteiger partial charge in [-0.2, -0.15) is 0 Å². The number of nitrogens with zero attached hydrogens (tertiary/aromatic N) is 1. The van der Waals surface area contributed by atoms with Crippen LogP contribution in [-0.4, -0.2) is 29.0 Å². The fraction of sp³-hybridized carbons (Fsp3) is 0.118. The van der Waals surface area contributed by atoms with Gasteiger partial charge < -0.3 is 10.1 Å². The number of hydrogen-bond acceptors (Lipinski definition) is 6. The summed E-state index contributed by atoms with van der Waals surface area (Å²) < 4.78 is 4.58. The average Bonchev–Trinajstić information content (AvgIpc) is 2.62. The molecule has 0 aromatic heterocycles. The Bertz CT molecular complexity index is 880. The van der Waals surface area contributed by atoms with Crippen molar-refractivity contribution in [3.8, 4) is 0 Å². The van der Waals surface area contributed by atoms with Crippen LogP contribution in [-0.2, 0) is 4.74 Å². The number of rotatable bonds is 4. The van der Waals surface area contributed by atoms with Crippen LogP contribution in [0.2, 0.25) is 0 Å². The third kappa shape index (κ3) is 4.61. The maximum absolute atomic E-state index is 12.2. The maximum Gasteiger partial charge on any atom is 0.337 e. The van der Waals surface area contributed by atoms with Crippen LogP contribution < -0.4 is 10.6 Å². The molecule has 0 aliphatic carbocycles.